The van der Waals surface area contributed by atoms with Crippen LogP contribution >= 0.6 is 11.8 Å². The van der Waals surface area contributed by atoms with Crippen molar-refractivity contribution in [1.29, 1.82) is 0 Å². The van der Waals surface area contributed by atoms with Crippen molar-refractivity contribution in [2.45, 2.75) is 24.3 Å². The van der Waals surface area contributed by atoms with Crippen molar-refractivity contribution in [3.63, 3.8) is 0 Å². The van der Waals surface area contributed by atoms with Gasteiger partial charge in [-0.2, -0.15) is 11.8 Å². The summed E-state index contributed by atoms with van der Waals surface area (Å²) in [5, 5.41) is 11.5. The van der Waals surface area contributed by atoms with Crippen LogP contribution in [0.1, 0.15) is 34.2 Å². The van der Waals surface area contributed by atoms with Gasteiger partial charge < -0.3 is 5.32 Å². The molecule has 0 saturated carbocycles. The van der Waals surface area contributed by atoms with Gasteiger partial charge in [0.25, 0.3) is 15.9 Å². The number of amides is 1. The molecule has 2 heterocycles. The first-order chi connectivity index (χ1) is 16.4. The fourth-order valence-electron chi connectivity index (χ4n) is 3.48. The summed E-state index contributed by atoms with van der Waals surface area (Å²) in [5.41, 5.74) is 2.42. The fourth-order valence-corrected chi connectivity index (χ4v) is 5.06. The topological polar surface area (TPSA) is 105 Å². The van der Waals surface area contributed by atoms with E-state index in [1.54, 1.807) is 36.0 Å². The zero-order chi connectivity index (χ0) is 24.1. The van der Waals surface area contributed by atoms with Crippen LogP contribution in [0.3, 0.4) is 0 Å². The van der Waals surface area contributed by atoms with Crippen LogP contribution < -0.4 is 10.0 Å². The van der Waals surface area contributed by atoms with E-state index < -0.39 is 10.0 Å². The number of aromatic nitrogens is 3. The SMILES string of the molecule is CSCCC(NC(=O)c1cccc(S(=O)(=O)Nc2ccc(C)cc2)c1)c1nnc2ccccn12. The minimum absolute atomic E-state index is 0.00863. The number of benzene rings is 2. The maximum atomic E-state index is 13.1. The van der Waals surface area contributed by atoms with Crippen molar-refractivity contribution in [2.24, 2.45) is 0 Å². The van der Waals surface area contributed by atoms with Crippen LogP contribution in [0.4, 0.5) is 5.69 Å². The van der Waals surface area contributed by atoms with Gasteiger partial charge in [0.2, 0.25) is 0 Å². The normalized spacial score (nSPS) is 12.4. The second kappa shape index (κ2) is 10.3. The molecule has 1 atom stereocenters. The lowest BCUT2D eigenvalue weighted by Crippen LogP contribution is -2.30. The maximum Gasteiger partial charge on any atom is 0.261 e. The van der Waals surface area contributed by atoms with Gasteiger partial charge in [-0.05, 0) is 67.8 Å². The molecule has 4 rings (SSSR count). The largest absolute Gasteiger partial charge is 0.342 e. The van der Waals surface area contributed by atoms with E-state index in [9.17, 15) is 13.2 Å². The molecule has 0 aliphatic heterocycles. The molecule has 2 aromatic heterocycles. The molecule has 0 saturated heterocycles. The number of fused-ring (bicyclic) bond motifs is 1. The molecule has 0 aliphatic carbocycles. The smallest absolute Gasteiger partial charge is 0.261 e. The third-order valence-corrected chi connectivity index (χ3v) is 7.30. The number of pyridine rings is 1. The molecular formula is C24H25N5O3S2. The van der Waals surface area contributed by atoms with Crippen LogP contribution in [0.2, 0.25) is 0 Å². The van der Waals surface area contributed by atoms with Gasteiger partial charge in [-0.1, -0.05) is 29.8 Å². The number of rotatable bonds is 9. The van der Waals surface area contributed by atoms with E-state index >= 15 is 0 Å². The van der Waals surface area contributed by atoms with E-state index in [1.807, 2.05) is 54.1 Å². The first-order valence-electron chi connectivity index (χ1n) is 10.7. The second-order valence-electron chi connectivity index (χ2n) is 7.79. The maximum absolute atomic E-state index is 13.1. The summed E-state index contributed by atoms with van der Waals surface area (Å²) in [7, 11) is -3.86. The fraction of sp³-hybridized carbons (Fsp3) is 0.208. The Morgan fingerprint density at radius 1 is 1.06 bits per heavy atom. The van der Waals surface area contributed by atoms with Gasteiger partial charge in [-0.3, -0.25) is 13.9 Å². The van der Waals surface area contributed by atoms with Crippen molar-refractivity contribution in [1.82, 2.24) is 19.9 Å². The van der Waals surface area contributed by atoms with E-state index in [0.29, 0.717) is 23.6 Å². The Hall–Kier alpha value is -3.37. The zero-order valence-corrected chi connectivity index (χ0v) is 20.4. The lowest BCUT2D eigenvalue weighted by molar-refractivity contribution is 0.0933. The minimum Gasteiger partial charge on any atom is -0.342 e. The van der Waals surface area contributed by atoms with E-state index in [0.717, 1.165) is 11.3 Å². The molecule has 2 aromatic carbocycles. The van der Waals surface area contributed by atoms with Crippen molar-refractivity contribution in [3.05, 3.63) is 89.9 Å². The number of nitrogens with one attached hydrogen (secondary N) is 2. The number of aryl methyl sites for hydroxylation is 1. The number of hydrogen-bond acceptors (Lipinski definition) is 6. The number of nitrogens with zero attached hydrogens (tertiary/aromatic N) is 3. The molecule has 0 aliphatic rings. The number of sulfonamides is 1. The van der Waals surface area contributed by atoms with Gasteiger partial charge in [0.05, 0.1) is 10.9 Å². The third kappa shape index (κ3) is 5.40. The summed E-state index contributed by atoms with van der Waals surface area (Å²) >= 11 is 1.67. The summed E-state index contributed by atoms with van der Waals surface area (Å²) in [6, 6.07) is 18.2. The van der Waals surface area contributed by atoms with Crippen molar-refractivity contribution in [2.75, 3.05) is 16.7 Å². The Bertz CT molecular complexity index is 1400. The molecule has 10 heteroatoms. The molecule has 0 spiro atoms. The third-order valence-electron chi connectivity index (χ3n) is 5.28. The molecule has 0 fully saturated rings. The molecule has 8 nitrogen and oxygen atoms in total. The number of thioether (sulfide) groups is 1. The van der Waals surface area contributed by atoms with Crippen LogP contribution in [0.25, 0.3) is 5.65 Å². The highest BCUT2D eigenvalue weighted by molar-refractivity contribution is 7.98. The van der Waals surface area contributed by atoms with Gasteiger partial charge in [0.15, 0.2) is 11.5 Å². The first-order valence-corrected chi connectivity index (χ1v) is 13.5. The molecule has 2 N–H and O–H groups in total. The van der Waals surface area contributed by atoms with Crippen LogP contribution in [0.5, 0.6) is 0 Å². The van der Waals surface area contributed by atoms with E-state index in [1.165, 1.54) is 12.1 Å². The Morgan fingerprint density at radius 2 is 1.85 bits per heavy atom. The highest BCUT2D eigenvalue weighted by atomic mass is 32.2. The first kappa shape index (κ1) is 23.8. The van der Waals surface area contributed by atoms with Crippen LogP contribution in [-0.4, -0.2) is 40.9 Å². The number of carbonyl (C=O) groups is 1. The summed E-state index contributed by atoms with van der Waals surface area (Å²) in [5.74, 6) is 1.05. The van der Waals surface area contributed by atoms with Gasteiger partial charge in [-0.15, -0.1) is 10.2 Å². The monoisotopic (exact) mass is 495 g/mol. The van der Waals surface area contributed by atoms with Crippen molar-refractivity contribution < 1.29 is 13.2 Å². The Balaban J connectivity index is 1.57. The summed E-state index contributed by atoms with van der Waals surface area (Å²) in [4.78, 5) is 13.1. The molecule has 176 valence electrons. The zero-order valence-electron chi connectivity index (χ0n) is 18.8. The minimum atomic E-state index is -3.86. The number of anilines is 1. The molecular weight excluding hydrogens is 470 g/mol. The average Bonchev–Trinajstić information content (AvgIpc) is 3.27. The lowest BCUT2D eigenvalue weighted by Gasteiger charge is -2.17. The highest BCUT2D eigenvalue weighted by Crippen LogP contribution is 2.21. The standard InChI is InChI=1S/C24H25N5O3S2/c1-17-9-11-19(12-10-17)28-34(31,32)20-7-5-6-18(16-20)24(30)25-21(13-15-33-2)23-27-26-22-8-3-4-14-29(22)23/h3-12,14,16,21,28H,13,15H2,1-2H3,(H,25,30). The molecule has 0 radical (unpaired) electrons. The second-order valence-corrected chi connectivity index (χ2v) is 10.5. The van der Waals surface area contributed by atoms with Crippen molar-refractivity contribution in [3.8, 4) is 0 Å². The molecule has 4 aromatic rings. The van der Waals surface area contributed by atoms with Gasteiger partial charge in [0, 0.05) is 17.4 Å². The Labute approximate surface area is 202 Å². The van der Waals surface area contributed by atoms with Crippen LogP contribution in [0.15, 0.2) is 77.8 Å². The molecule has 34 heavy (non-hydrogen) atoms. The quantitative estimate of drug-likeness (QED) is 0.363. The molecule has 0 bridgehead atoms. The molecule has 1 unspecified atom stereocenters. The summed E-state index contributed by atoms with van der Waals surface area (Å²) in [6.45, 7) is 1.93. The Morgan fingerprint density at radius 3 is 2.62 bits per heavy atom. The van der Waals surface area contributed by atoms with Gasteiger partial charge >= 0.3 is 0 Å². The van der Waals surface area contributed by atoms with Crippen LogP contribution in [0, 0.1) is 6.92 Å². The van der Waals surface area contributed by atoms with E-state index in [-0.39, 0.29) is 22.4 Å². The van der Waals surface area contributed by atoms with E-state index in [2.05, 4.69) is 20.2 Å². The predicted octanol–water partition coefficient (Wildman–Crippen LogP) is 4.06. The van der Waals surface area contributed by atoms with Gasteiger partial charge in [-0.25, -0.2) is 8.42 Å². The lowest BCUT2D eigenvalue weighted by atomic mass is 10.1. The number of carbonyl (C=O) groups excluding carboxylic acids is 1. The Kier molecular flexibility index (Phi) is 7.18. The predicted molar refractivity (Wildman–Crippen MR) is 135 cm³/mol. The summed E-state index contributed by atoms with van der Waals surface area (Å²) in [6.07, 6.45) is 4.50. The van der Waals surface area contributed by atoms with Crippen LogP contribution in [-0.2, 0) is 10.0 Å². The number of hydrogen-bond donors (Lipinski definition) is 2. The van der Waals surface area contributed by atoms with Gasteiger partial charge in [0.1, 0.15) is 0 Å². The molecule has 1 amide bonds. The van der Waals surface area contributed by atoms with Crippen molar-refractivity contribution >= 4 is 39.0 Å². The highest BCUT2D eigenvalue weighted by Gasteiger charge is 2.22. The summed E-state index contributed by atoms with van der Waals surface area (Å²) < 4.78 is 30.2. The van der Waals surface area contributed by atoms with E-state index in [4.69, 9.17) is 0 Å². The average molecular weight is 496 g/mol.